The zero-order valence-electron chi connectivity index (χ0n) is 17.3. The summed E-state index contributed by atoms with van der Waals surface area (Å²) < 4.78 is 5.41. The highest BCUT2D eigenvalue weighted by Crippen LogP contribution is 2.27. The zero-order chi connectivity index (χ0) is 20.5. The number of benzene rings is 2. The second-order valence-electron chi connectivity index (χ2n) is 7.45. The van der Waals surface area contributed by atoms with Gasteiger partial charge in [0.2, 0.25) is 5.72 Å². The van der Waals surface area contributed by atoms with Gasteiger partial charge in [0, 0.05) is 16.7 Å². The summed E-state index contributed by atoms with van der Waals surface area (Å²) in [5.74, 6) is 1.05. The molecule has 0 aromatic heterocycles. The summed E-state index contributed by atoms with van der Waals surface area (Å²) in [7, 11) is 1.61. The molecule has 28 heavy (non-hydrogen) atoms. The molecule has 0 bridgehead atoms. The molecule has 2 aromatic carbocycles. The van der Waals surface area contributed by atoms with E-state index in [1.165, 1.54) is 0 Å². The number of ether oxygens (including phenoxy) is 1. The number of nitrogens with zero attached hydrogens (tertiary/aromatic N) is 2. The summed E-state index contributed by atoms with van der Waals surface area (Å²) in [5, 5.41) is 5.93. The van der Waals surface area contributed by atoms with Crippen LogP contribution in [-0.4, -0.2) is 29.6 Å². The summed E-state index contributed by atoms with van der Waals surface area (Å²) in [4.78, 5) is 18.7. The van der Waals surface area contributed by atoms with Crippen molar-refractivity contribution in [3.05, 3.63) is 64.2 Å². The van der Waals surface area contributed by atoms with Crippen LogP contribution in [0.5, 0.6) is 5.75 Å². The Bertz CT molecular complexity index is 914. The Morgan fingerprint density at radius 2 is 1.89 bits per heavy atom. The maximum absolute atomic E-state index is 13.1. The number of hydrogen-bond acceptors (Lipinski definition) is 5. The van der Waals surface area contributed by atoms with Gasteiger partial charge in [-0.25, -0.2) is 5.01 Å². The van der Waals surface area contributed by atoms with Gasteiger partial charge in [-0.2, -0.15) is 0 Å². The number of carbonyl (C=O) groups is 1. The molecule has 148 valence electrons. The first-order valence-electron chi connectivity index (χ1n) is 9.38. The Labute approximate surface area is 166 Å². The summed E-state index contributed by atoms with van der Waals surface area (Å²) >= 11 is 0. The van der Waals surface area contributed by atoms with Crippen LogP contribution in [0.2, 0.25) is 0 Å². The minimum Gasteiger partial charge on any atom is -0.496 e. The zero-order valence-corrected chi connectivity index (χ0v) is 17.3. The van der Waals surface area contributed by atoms with E-state index in [-0.39, 0.29) is 5.91 Å². The van der Waals surface area contributed by atoms with Crippen LogP contribution < -0.4 is 10.2 Å². The van der Waals surface area contributed by atoms with Gasteiger partial charge < -0.3 is 9.57 Å². The molecule has 6 nitrogen and oxygen atoms in total. The van der Waals surface area contributed by atoms with Crippen LogP contribution in [0, 0.1) is 13.8 Å². The number of hydrogen-bond donors (Lipinski definition) is 1. The number of hydrazine groups is 1. The highest BCUT2D eigenvalue weighted by Gasteiger charge is 2.40. The van der Waals surface area contributed by atoms with E-state index in [1.807, 2.05) is 58.9 Å². The minimum atomic E-state index is -0.812. The van der Waals surface area contributed by atoms with Gasteiger partial charge in [-0.1, -0.05) is 35.3 Å². The number of amides is 1. The Morgan fingerprint density at radius 1 is 1.21 bits per heavy atom. The molecular formula is C22H27N3O3. The average Bonchev–Trinajstić information content (AvgIpc) is 2.94. The molecule has 0 spiro atoms. The number of rotatable bonds is 5. The normalized spacial score (nSPS) is 15.1. The SMILES string of the molecule is CCc1c(OC)cccc1C(=O)NN1C(c2cc(C)cc(C)c2)=NOC1(C)C. The lowest BCUT2D eigenvalue weighted by Crippen LogP contribution is -2.54. The van der Waals surface area contributed by atoms with Gasteiger partial charge in [0.25, 0.3) is 5.91 Å². The van der Waals surface area contributed by atoms with Crippen molar-refractivity contribution in [1.29, 1.82) is 0 Å². The van der Waals surface area contributed by atoms with Crippen molar-refractivity contribution < 1.29 is 14.4 Å². The van der Waals surface area contributed by atoms with Crippen molar-refractivity contribution in [3.8, 4) is 5.75 Å². The van der Waals surface area contributed by atoms with Gasteiger partial charge in [0.15, 0.2) is 5.84 Å². The third kappa shape index (κ3) is 3.67. The molecule has 1 N–H and O–H groups in total. The first-order valence-corrected chi connectivity index (χ1v) is 9.38. The fourth-order valence-electron chi connectivity index (χ4n) is 3.46. The van der Waals surface area contributed by atoms with Crippen LogP contribution in [0.25, 0.3) is 0 Å². The number of carbonyl (C=O) groups excluding carboxylic acids is 1. The molecule has 1 heterocycles. The first kappa shape index (κ1) is 19.7. The molecule has 0 aliphatic carbocycles. The molecular weight excluding hydrogens is 354 g/mol. The van der Waals surface area contributed by atoms with E-state index in [0.29, 0.717) is 23.6 Å². The maximum Gasteiger partial charge on any atom is 0.270 e. The minimum absolute atomic E-state index is 0.230. The van der Waals surface area contributed by atoms with Crippen molar-refractivity contribution in [3.63, 3.8) is 0 Å². The molecule has 1 amide bonds. The van der Waals surface area contributed by atoms with E-state index in [1.54, 1.807) is 18.2 Å². The van der Waals surface area contributed by atoms with Gasteiger partial charge in [-0.05, 0) is 58.4 Å². The van der Waals surface area contributed by atoms with E-state index in [2.05, 4.69) is 16.6 Å². The lowest BCUT2D eigenvalue weighted by molar-refractivity contribution is -0.0824. The van der Waals surface area contributed by atoms with Crippen molar-refractivity contribution in [2.75, 3.05) is 7.11 Å². The van der Waals surface area contributed by atoms with E-state index >= 15 is 0 Å². The quantitative estimate of drug-likeness (QED) is 0.852. The summed E-state index contributed by atoms with van der Waals surface area (Å²) in [6.07, 6.45) is 0.685. The van der Waals surface area contributed by atoms with Crippen LogP contribution in [0.1, 0.15) is 53.4 Å². The van der Waals surface area contributed by atoms with E-state index in [0.717, 1.165) is 22.3 Å². The topological polar surface area (TPSA) is 63.2 Å². The molecule has 6 heteroatoms. The second-order valence-corrected chi connectivity index (χ2v) is 7.45. The number of amidine groups is 1. The van der Waals surface area contributed by atoms with Gasteiger partial charge in [-0.3, -0.25) is 10.2 Å². The van der Waals surface area contributed by atoms with Crippen LogP contribution in [0.3, 0.4) is 0 Å². The number of aryl methyl sites for hydroxylation is 2. The van der Waals surface area contributed by atoms with Crippen molar-refractivity contribution >= 4 is 11.7 Å². The third-order valence-electron chi connectivity index (χ3n) is 4.75. The van der Waals surface area contributed by atoms with Crippen molar-refractivity contribution in [2.45, 2.75) is 46.8 Å². The van der Waals surface area contributed by atoms with Gasteiger partial charge in [-0.15, -0.1) is 0 Å². The number of oxime groups is 1. The van der Waals surface area contributed by atoms with E-state index in [4.69, 9.17) is 9.57 Å². The second kappa shape index (κ2) is 7.54. The van der Waals surface area contributed by atoms with Crippen LogP contribution in [0.15, 0.2) is 41.6 Å². The fraction of sp³-hybridized carbons (Fsp3) is 0.364. The first-order chi connectivity index (χ1) is 13.3. The van der Waals surface area contributed by atoms with E-state index in [9.17, 15) is 4.79 Å². The van der Waals surface area contributed by atoms with Gasteiger partial charge in [0.1, 0.15) is 5.75 Å². The van der Waals surface area contributed by atoms with Gasteiger partial charge >= 0.3 is 0 Å². The predicted octanol–water partition coefficient (Wildman–Crippen LogP) is 3.95. The highest BCUT2D eigenvalue weighted by atomic mass is 16.7. The Kier molecular flexibility index (Phi) is 5.31. The summed E-state index contributed by atoms with van der Waals surface area (Å²) in [6, 6.07) is 11.6. The van der Waals surface area contributed by atoms with E-state index < -0.39 is 5.72 Å². The van der Waals surface area contributed by atoms with Gasteiger partial charge in [0.05, 0.1) is 7.11 Å². The molecule has 0 atom stereocenters. The molecule has 0 fully saturated rings. The fourth-order valence-corrected chi connectivity index (χ4v) is 3.46. The molecule has 0 radical (unpaired) electrons. The lowest BCUT2D eigenvalue weighted by atomic mass is 10.0. The highest BCUT2D eigenvalue weighted by molar-refractivity contribution is 6.03. The van der Waals surface area contributed by atoms with Crippen molar-refractivity contribution in [2.24, 2.45) is 5.16 Å². The molecule has 0 saturated heterocycles. The molecule has 0 saturated carbocycles. The monoisotopic (exact) mass is 381 g/mol. The third-order valence-corrected chi connectivity index (χ3v) is 4.75. The average molecular weight is 381 g/mol. The molecule has 3 rings (SSSR count). The number of nitrogens with one attached hydrogen (secondary N) is 1. The Hall–Kier alpha value is -3.02. The molecule has 0 unspecified atom stereocenters. The number of methoxy groups -OCH3 is 1. The molecule has 1 aliphatic rings. The summed E-state index contributed by atoms with van der Waals surface area (Å²) in [6.45, 7) is 9.78. The lowest BCUT2D eigenvalue weighted by Gasteiger charge is -2.31. The maximum atomic E-state index is 13.1. The van der Waals surface area contributed by atoms with Crippen LogP contribution in [0.4, 0.5) is 0 Å². The van der Waals surface area contributed by atoms with Crippen LogP contribution >= 0.6 is 0 Å². The Morgan fingerprint density at radius 3 is 2.50 bits per heavy atom. The standard InChI is InChI=1S/C22H27N3O3/c1-7-17-18(9-8-10-19(17)27-6)21(26)23-25-20(24-28-22(25,4)5)16-12-14(2)11-15(3)13-16/h8-13H,7H2,1-6H3,(H,23,26). The largest absolute Gasteiger partial charge is 0.496 e. The molecule has 2 aromatic rings. The smallest absolute Gasteiger partial charge is 0.270 e. The predicted molar refractivity (Wildman–Crippen MR) is 109 cm³/mol. The summed E-state index contributed by atoms with van der Waals surface area (Å²) in [5.41, 5.74) is 6.74. The molecule has 1 aliphatic heterocycles. The van der Waals surface area contributed by atoms with Crippen molar-refractivity contribution in [1.82, 2.24) is 10.4 Å². The Balaban J connectivity index is 1.95. The van der Waals surface area contributed by atoms with Crippen LogP contribution in [-0.2, 0) is 11.3 Å².